The van der Waals surface area contributed by atoms with Gasteiger partial charge in [0, 0.05) is 17.4 Å². The van der Waals surface area contributed by atoms with Gasteiger partial charge in [-0.15, -0.1) is 0 Å². The molecule has 0 saturated heterocycles. The van der Waals surface area contributed by atoms with E-state index in [0.717, 1.165) is 12.0 Å². The maximum absolute atomic E-state index is 13.7. The predicted molar refractivity (Wildman–Crippen MR) is 92.3 cm³/mol. The average molecular weight is 415 g/mol. The Balaban J connectivity index is 1.75. The summed E-state index contributed by atoms with van der Waals surface area (Å²) in [6.45, 7) is 1.29. The zero-order chi connectivity index (χ0) is 17.1. The molecule has 0 fully saturated rings. The number of carbonyl (C=O) groups is 1. The molecule has 4 nitrogen and oxygen atoms in total. The van der Waals surface area contributed by atoms with Gasteiger partial charge in [-0.25, -0.2) is 4.39 Å². The Labute approximate surface area is 152 Å². The number of ether oxygens (including phenoxy) is 2. The molecule has 7 heteroatoms. The minimum atomic E-state index is -0.576. The number of benzene rings is 2. The van der Waals surface area contributed by atoms with Crippen molar-refractivity contribution in [2.45, 2.75) is 13.0 Å². The lowest BCUT2D eigenvalue weighted by atomic mass is 10.1. The molecule has 1 aliphatic rings. The Morgan fingerprint density at radius 1 is 1.25 bits per heavy atom. The van der Waals surface area contributed by atoms with Crippen molar-refractivity contribution in [3.63, 3.8) is 0 Å². The second-order valence-electron chi connectivity index (χ2n) is 5.26. The Morgan fingerprint density at radius 2 is 2.04 bits per heavy atom. The van der Waals surface area contributed by atoms with Gasteiger partial charge < -0.3 is 14.8 Å². The number of rotatable bonds is 3. The average Bonchev–Trinajstić information content (AvgIpc) is 2.80. The SMILES string of the molecule is O=C(NCc1cc(Cl)c2c(c1)OCCCO2)c1cc(Br)ccc1F. The smallest absolute Gasteiger partial charge is 0.254 e. The molecule has 0 aromatic heterocycles. The van der Waals surface area contributed by atoms with Crippen molar-refractivity contribution < 1.29 is 18.7 Å². The molecule has 0 atom stereocenters. The van der Waals surface area contributed by atoms with Crippen LogP contribution in [0.15, 0.2) is 34.8 Å². The van der Waals surface area contributed by atoms with Gasteiger partial charge in [0.15, 0.2) is 11.5 Å². The van der Waals surface area contributed by atoms with Gasteiger partial charge in [0.25, 0.3) is 5.91 Å². The zero-order valence-electron chi connectivity index (χ0n) is 12.6. The number of hydrogen-bond acceptors (Lipinski definition) is 3. The van der Waals surface area contributed by atoms with Gasteiger partial charge in [-0.1, -0.05) is 27.5 Å². The molecule has 1 amide bonds. The summed E-state index contributed by atoms with van der Waals surface area (Å²) < 4.78 is 25.5. The summed E-state index contributed by atoms with van der Waals surface area (Å²) in [4.78, 5) is 12.2. The van der Waals surface area contributed by atoms with E-state index in [4.69, 9.17) is 21.1 Å². The molecule has 2 aromatic carbocycles. The van der Waals surface area contributed by atoms with Crippen LogP contribution in [0.1, 0.15) is 22.3 Å². The topological polar surface area (TPSA) is 47.6 Å². The van der Waals surface area contributed by atoms with Gasteiger partial charge in [0.1, 0.15) is 5.82 Å². The van der Waals surface area contributed by atoms with Crippen molar-refractivity contribution in [1.29, 1.82) is 0 Å². The fourth-order valence-electron chi connectivity index (χ4n) is 2.34. The lowest BCUT2D eigenvalue weighted by Crippen LogP contribution is -2.23. The van der Waals surface area contributed by atoms with Crippen LogP contribution < -0.4 is 14.8 Å². The maximum Gasteiger partial charge on any atom is 0.254 e. The molecule has 1 heterocycles. The number of hydrogen-bond donors (Lipinski definition) is 1. The van der Waals surface area contributed by atoms with E-state index in [-0.39, 0.29) is 12.1 Å². The second-order valence-corrected chi connectivity index (χ2v) is 6.59. The summed E-state index contributed by atoms with van der Waals surface area (Å²) in [5, 5.41) is 3.10. The third-order valence-electron chi connectivity index (χ3n) is 3.49. The van der Waals surface area contributed by atoms with Crippen LogP contribution in [-0.2, 0) is 6.54 Å². The highest BCUT2D eigenvalue weighted by Gasteiger charge is 2.17. The Kier molecular flexibility index (Phi) is 5.26. The summed E-state index contributed by atoms with van der Waals surface area (Å²) in [6.07, 6.45) is 0.777. The largest absolute Gasteiger partial charge is 0.489 e. The predicted octanol–water partition coefficient (Wildman–Crippen LogP) is 4.33. The van der Waals surface area contributed by atoms with Crippen LogP contribution >= 0.6 is 27.5 Å². The van der Waals surface area contributed by atoms with Crippen LogP contribution in [0.5, 0.6) is 11.5 Å². The number of nitrogens with one attached hydrogen (secondary N) is 1. The molecule has 24 heavy (non-hydrogen) atoms. The van der Waals surface area contributed by atoms with Crippen LogP contribution in [0.25, 0.3) is 0 Å². The minimum Gasteiger partial charge on any atom is -0.489 e. The molecule has 0 bridgehead atoms. The van der Waals surface area contributed by atoms with E-state index in [0.29, 0.717) is 34.2 Å². The van der Waals surface area contributed by atoms with Gasteiger partial charge in [-0.3, -0.25) is 4.79 Å². The second kappa shape index (κ2) is 7.40. The molecular weight excluding hydrogens is 401 g/mol. The quantitative estimate of drug-likeness (QED) is 0.813. The molecule has 2 aromatic rings. The van der Waals surface area contributed by atoms with Crippen LogP contribution in [0, 0.1) is 5.82 Å². The Morgan fingerprint density at radius 3 is 2.88 bits per heavy atom. The first-order valence-corrected chi connectivity index (χ1v) is 8.53. The number of halogens is 3. The maximum atomic E-state index is 13.7. The van der Waals surface area contributed by atoms with E-state index >= 15 is 0 Å². The van der Waals surface area contributed by atoms with Crippen LogP contribution in [0.4, 0.5) is 4.39 Å². The van der Waals surface area contributed by atoms with Crippen LogP contribution in [0.3, 0.4) is 0 Å². The van der Waals surface area contributed by atoms with E-state index in [9.17, 15) is 9.18 Å². The number of carbonyl (C=O) groups excluding carboxylic acids is 1. The fourth-order valence-corrected chi connectivity index (χ4v) is 2.98. The van der Waals surface area contributed by atoms with Gasteiger partial charge >= 0.3 is 0 Å². The fraction of sp³-hybridized carbons (Fsp3) is 0.235. The molecule has 0 radical (unpaired) electrons. The molecular formula is C17H14BrClFNO3. The van der Waals surface area contributed by atoms with E-state index < -0.39 is 11.7 Å². The highest BCUT2D eigenvalue weighted by atomic mass is 79.9. The monoisotopic (exact) mass is 413 g/mol. The van der Waals surface area contributed by atoms with Gasteiger partial charge in [0.2, 0.25) is 0 Å². The Bertz CT molecular complexity index is 785. The lowest BCUT2D eigenvalue weighted by Gasteiger charge is -2.12. The van der Waals surface area contributed by atoms with Crippen molar-refractivity contribution in [3.05, 3.63) is 56.8 Å². The molecule has 0 unspecified atom stereocenters. The van der Waals surface area contributed by atoms with Crippen LogP contribution in [0.2, 0.25) is 5.02 Å². The number of amides is 1. The number of fused-ring (bicyclic) bond motifs is 1. The first kappa shape index (κ1) is 17.0. The van der Waals surface area contributed by atoms with Crippen molar-refractivity contribution in [3.8, 4) is 11.5 Å². The van der Waals surface area contributed by atoms with Gasteiger partial charge in [0.05, 0.1) is 23.8 Å². The van der Waals surface area contributed by atoms with E-state index in [2.05, 4.69) is 21.2 Å². The summed E-state index contributed by atoms with van der Waals surface area (Å²) in [5.74, 6) is -0.00964. The van der Waals surface area contributed by atoms with Gasteiger partial charge in [-0.2, -0.15) is 0 Å². The van der Waals surface area contributed by atoms with Crippen molar-refractivity contribution in [1.82, 2.24) is 5.32 Å². The van der Waals surface area contributed by atoms with Crippen molar-refractivity contribution in [2.24, 2.45) is 0 Å². The van der Waals surface area contributed by atoms with Crippen molar-refractivity contribution >= 4 is 33.4 Å². The standard InChI is InChI=1S/C17H14BrClFNO3/c18-11-2-3-14(20)12(8-11)17(22)21-9-10-6-13(19)16-15(7-10)23-4-1-5-24-16/h2-3,6-8H,1,4-5,9H2,(H,21,22). The molecule has 1 aliphatic heterocycles. The summed E-state index contributed by atoms with van der Waals surface area (Å²) in [5.41, 5.74) is 0.720. The normalized spacial score (nSPS) is 13.3. The molecule has 0 aliphatic carbocycles. The summed E-state index contributed by atoms with van der Waals surface area (Å²) in [7, 11) is 0. The van der Waals surface area contributed by atoms with Crippen LogP contribution in [-0.4, -0.2) is 19.1 Å². The third kappa shape index (κ3) is 3.82. The van der Waals surface area contributed by atoms with Gasteiger partial charge in [-0.05, 0) is 35.9 Å². The summed E-state index contributed by atoms with van der Waals surface area (Å²) >= 11 is 9.44. The highest BCUT2D eigenvalue weighted by molar-refractivity contribution is 9.10. The minimum absolute atomic E-state index is 0.0233. The highest BCUT2D eigenvalue weighted by Crippen LogP contribution is 2.37. The molecule has 3 rings (SSSR count). The van der Waals surface area contributed by atoms with E-state index in [1.807, 2.05) is 0 Å². The zero-order valence-corrected chi connectivity index (χ0v) is 14.9. The summed E-state index contributed by atoms with van der Waals surface area (Å²) in [6, 6.07) is 7.68. The molecule has 126 valence electrons. The molecule has 1 N–H and O–H groups in total. The molecule has 0 spiro atoms. The third-order valence-corrected chi connectivity index (χ3v) is 4.26. The van der Waals surface area contributed by atoms with Crippen molar-refractivity contribution in [2.75, 3.05) is 13.2 Å². The first-order valence-electron chi connectivity index (χ1n) is 7.36. The molecule has 0 saturated carbocycles. The van der Waals surface area contributed by atoms with E-state index in [1.54, 1.807) is 12.1 Å². The Hall–Kier alpha value is -1.79. The lowest BCUT2D eigenvalue weighted by molar-refractivity contribution is 0.0946. The first-order chi connectivity index (χ1) is 11.5. The van der Waals surface area contributed by atoms with E-state index in [1.165, 1.54) is 18.2 Å².